The van der Waals surface area contributed by atoms with Crippen molar-refractivity contribution in [1.29, 1.82) is 0 Å². The zero-order chi connectivity index (χ0) is 32.8. The average Bonchev–Trinajstić information content (AvgIpc) is 3.51. The first-order valence-corrected chi connectivity index (χ1v) is 17.4. The Morgan fingerprint density at radius 3 is 1.42 bits per heavy atom. The molecule has 0 bridgehead atoms. The molecule has 0 nitrogen and oxygen atoms in total. The van der Waals surface area contributed by atoms with Crippen LogP contribution in [0.5, 0.6) is 0 Å². The molecule has 10 aromatic rings. The third kappa shape index (κ3) is 4.06. The molecule has 50 heavy (non-hydrogen) atoms. The molecule has 0 saturated heterocycles. The van der Waals surface area contributed by atoms with Crippen molar-refractivity contribution in [1.82, 2.24) is 0 Å². The van der Waals surface area contributed by atoms with Gasteiger partial charge in [0.25, 0.3) is 0 Å². The Labute approximate surface area is 290 Å². The second-order valence-electron chi connectivity index (χ2n) is 13.7. The average molecular weight is 631 g/mol. The van der Waals surface area contributed by atoms with E-state index < -0.39 is 0 Å². The van der Waals surface area contributed by atoms with Gasteiger partial charge in [0.1, 0.15) is 0 Å². The van der Waals surface area contributed by atoms with E-state index in [1.54, 1.807) is 0 Å². The molecule has 230 valence electrons. The molecule has 0 spiro atoms. The van der Waals surface area contributed by atoms with Crippen LogP contribution in [0.3, 0.4) is 0 Å². The smallest absolute Gasteiger partial charge is 0.00134 e. The molecule has 10 aromatic carbocycles. The highest BCUT2D eigenvalue weighted by molar-refractivity contribution is 6.29. The summed E-state index contributed by atoms with van der Waals surface area (Å²) in [6, 6.07) is 67.5. The second-order valence-corrected chi connectivity index (χ2v) is 13.7. The van der Waals surface area contributed by atoms with Crippen molar-refractivity contribution in [3.63, 3.8) is 0 Å². The van der Waals surface area contributed by atoms with Crippen LogP contribution >= 0.6 is 0 Å². The maximum absolute atomic E-state index is 2.41. The molecule has 0 atom stereocenters. The molecular weight excluding hydrogens is 601 g/mol. The molecule has 0 aliphatic heterocycles. The summed E-state index contributed by atoms with van der Waals surface area (Å²) < 4.78 is 0. The normalized spacial score (nSPS) is 12.0. The molecule has 0 unspecified atom stereocenters. The molecule has 0 heterocycles. The molecule has 1 aliphatic rings. The summed E-state index contributed by atoms with van der Waals surface area (Å²) in [4.78, 5) is 0. The minimum atomic E-state index is 1.24. The quantitative estimate of drug-likeness (QED) is 0.170. The summed E-state index contributed by atoms with van der Waals surface area (Å²) in [6.45, 7) is 0. The van der Waals surface area contributed by atoms with Gasteiger partial charge in [-0.05, 0) is 140 Å². The lowest BCUT2D eigenvalue weighted by Gasteiger charge is -2.14. The van der Waals surface area contributed by atoms with Gasteiger partial charge in [0.15, 0.2) is 0 Å². The van der Waals surface area contributed by atoms with Gasteiger partial charge in [-0.15, -0.1) is 0 Å². The van der Waals surface area contributed by atoms with E-state index in [-0.39, 0.29) is 0 Å². The van der Waals surface area contributed by atoms with Gasteiger partial charge in [-0.25, -0.2) is 0 Å². The summed E-state index contributed by atoms with van der Waals surface area (Å²) in [7, 11) is 0. The van der Waals surface area contributed by atoms with Crippen LogP contribution in [-0.2, 0) is 0 Å². The van der Waals surface area contributed by atoms with Crippen LogP contribution in [0.4, 0.5) is 0 Å². The van der Waals surface area contributed by atoms with Crippen molar-refractivity contribution < 1.29 is 0 Å². The minimum absolute atomic E-state index is 1.24. The first kappa shape index (κ1) is 27.5. The lowest BCUT2D eigenvalue weighted by atomic mass is 9.89. The van der Waals surface area contributed by atoms with Crippen LogP contribution in [0, 0.1) is 0 Å². The van der Waals surface area contributed by atoms with E-state index in [1.807, 2.05) is 0 Å². The Hall–Kier alpha value is -6.50. The molecule has 0 saturated carbocycles. The highest BCUT2D eigenvalue weighted by Gasteiger charge is 2.26. The fraction of sp³-hybridized carbons (Fsp3) is 0. The maximum atomic E-state index is 2.41. The molecule has 0 fully saturated rings. The molecule has 0 amide bonds. The number of hydrogen-bond acceptors (Lipinski definition) is 0. The lowest BCUT2D eigenvalue weighted by molar-refractivity contribution is 1.63. The van der Waals surface area contributed by atoms with Gasteiger partial charge in [0.2, 0.25) is 0 Å². The number of hydrogen-bond donors (Lipinski definition) is 0. The molecule has 0 heteroatoms. The van der Waals surface area contributed by atoms with Crippen LogP contribution in [0.15, 0.2) is 182 Å². The van der Waals surface area contributed by atoms with Gasteiger partial charge in [-0.3, -0.25) is 0 Å². The van der Waals surface area contributed by atoms with Crippen molar-refractivity contribution in [2.24, 2.45) is 0 Å². The Bertz CT molecular complexity index is 3020. The Morgan fingerprint density at radius 2 is 0.720 bits per heavy atom. The first-order chi connectivity index (χ1) is 24.8. The second kappa shape index (κ2) is 10.5. The number of fused-ring (bicyclic) bond motifs is 9. The standard InChI is InChI=1S/C50H30/c1-2-8-31(9-3-1)33-14-15-35-27-36(17-16-34(35)26-33)37-18-19-39-29-41(21-20-38(39)28-37)44-24-25-46-48-42-12-6-4-10-32(42)22-23-45(48)47-30-40-11-5-7-13-43(40)49(44)50(46)47/h1-30H. The molecule has 0 aromatic heterocycles. The van der Waals surface area contributed by atoms with Crippen molar-refractivity contribution in [3.05, 3.63) is 182 Å². The van der Waals surface area contributed by atoms with Crippen molar-refractivity contribution in [2.45, 2.75) is 0 Å². The summed E-state index contributed by atoms with van der Waals surface area (Å²) in [5.41, 5.74) is 12.9. The predicted octanol–water partition coefficient (Wildman–Crippen LogP) is 14.1. The monoisotopic (exact) mass is 630 g/mol. The van der Waals surface area contributed by atoms with Gasteiger partial charge >= 0.3 is 0 Å². The largest absolute Gasteiger partial charge is 0.0622 e. The number of benzene rings is 10. The zero-order valence-corrected chi connectivity index (χ0v) is 27.3. The van der Waals surface area contributed by atoms with E-state index in [0.717, 1.165) is 0 Å². The van der Waals surface area contributed by atoms with Gasteiger partial charge in [-0.2, -0.15) is 0 Å². The highest BCUT2D eigenvalue weighted by Crippen LogP contribution is 2.53. The SMILES string of the molecule is c1ccc(-c2ccc3cc(-c4ccc5cc(-c6ccc7c8c(cc9ccccc9c68)-c6ccc8ccccc8c6-7)ccc5c4)ccc3c2)cc1. The fourth-order valence-electron chi connectivity index (χ4n) is 8.52. The number of rotatable bonds is 3. The third-order valence-corrected chi connectivity index (χ3v) is 10.9. The first-order valence-electron chi connectivity index (χ1n) is 17.4. The Kier molecular flexibility index (Phi) is 5.76. The van der Waals surface area contributed by atoms with E-state index in [2.05, 4.69) is 182 Å². The van der Waals surface area contributed by atoms with Crippen molar-refractivity contribution in [2.75, 3.05) is 0 Å². The Balaban J connectivity index is 1.03. The van der Waals surface area contributed by atoms with Gasteiger partial charge < -0.3 is 0 Å². The predicted molar refractivity (Wildman–Crippen MR) is 215 cm³/mol. The fourth-order valence-corrected chi connectivity index (χ4v) is 8.52. The molecule has 0 N–H and O–H groups in total. The summed E-state index contributed by atoms with van der Waals surface area (Å²) in [5.74, 6) is 0. The van der Waals surface area contributed by atoms with Gasteiger partial charge in [0.05, 0.1) is 0 Å². The lowest BCUT2D eigenvalue weighted by Crippen LogP contribution is -1.87. The van der Waals surface area contributed by atoms with E-state index in [4.69, 9.17) is 0 Å². The van der Waals surface area contributed by atoms with E-state index in [1.165, 1.54) is 109 Å². The van der Waals surface area contributed by atoms with Gasteiger partial charge in [0, 0.05) is 0 Å². The van der Waals surface area contributed by atoms with E-state index in [9.17, 15) is 0 Å². The van der Waals surface area contributed by atoms with E-state index >= 15 is 0 Å². The van der Waals surface area contributed by atoms with Crippen LogP contribution in [0.1, 0.15) is 0 Å². The van der Waals surface area contributed by atoms with Crippen LogP contribution in [0.2, 0.25) is 0 Å². The topological polar surface area (TPSA) is 0 Å². The zero-order valence-electron chi connectivity index (χ0n) is 27.3. The van der Waals surface area contributed by atoms with Crippen LogP contribution < -0.4 is 0 Å². The van der Waals surface area contributed by atoms with Crippen molar-refractivity contribution in [3.8, 4) is 55.6 Å². The minimum Gasteiger partial charge on any atom is -0.0622 e. The molecular formula is C50H30. The molecule has 1 aliphatic carbocycles. The maximum Gasteiger partial charge on any atom is -0.00134 e. The summed E-state index contributed by atoms with van der Waals surface area (Å²) >= 11 is 0. The van der Waals surface area contributed by atoms with Crippen LogP contribution in [0.25, 0.3) is 109 Å². The Morgan fingerprint density at radius 1 is 0.220 bits per heavy atom. The van der Waals surface area contributed by atoms with Gasteiger partial charge in [-0.1, -0.05) is 152 Å². The van der Waals surface area contributed by atoms with Crippen LogP contribution in [-0.4, -0.2) is 0 Å². The third-order valence-electron chi connectivity index (χ3n) is 10.9. The molecule has 0 radical (unpaired) electrons. The van der Waals surface area contributed by atoms with Crippen molar-refractivity contribution >= 4 is 53.9 Å². The molecule has 11 rings (SSSR count). The summed E-state index contributed by atoms with van der Waals surface area (Å²) in [5, 5.41) is 12.9. The van der Waals surface area contributed by atoms with E-state index in [0.29, 0.717) is 0 Å². The summed E-state index contributed by atoms with van der Waals surface area (Å²) in [6.07, 6.45) is 0. The highest BCUT2D eigenvalue weighted by atomic mass is 14.3.